The Morgan fingerprint density at radius 3 is 2.84 bits per heavy atom. The maximum Gasteiger partial charge on any atom is 0.267 e. The molecule has 3 aliphatic rings. The van der Waals surface area contributed by atoms with E-state index < -0.39 is 0 Å². The summed E-state index contributed by atoms with van der Waals surface area (Å²) in [4.78, 5) is 14.7. The highest BCUT2D eigenvalue weighted by molar-refractivity contribution is 7.11. The van der Waals surface area contributed by atoms with Crippen LogP contribution in [0.4, 0.5) is 0 Å². The van der Waals surface area contributed by atoms with Crippen LogP contribution in [0.15, 0.2) is 10.9 Å². The van der Waals surface area contributed by atoms with Crippen molar-refractivity contribution >= 4 is 11.3 Å². The molecule has 0 aromatic carbocycles. The van der Waals surface area contributed by atoms with Gasteiger partial charge in [-0.3, -0.25) is 9.69 Å². The first-order chi connectivity index (χ1) is 12.2. The van der Waals surface area contributed by atoms with Gasteiger partial charge in [0.15, 0.2) is 0 Å². The summed E-state index contributed by atoms with van der Waals surface area (Å²) in [6.07, 6.45) is 6.98. The second-order valence-electron chi connectivity index (χ2n) is 7.71. The van der Waals surface area contributed by atoms with Crippen LogP contribution in [-0.4, -0.2) is 38.0 Å². The van der Waals surface area contributed by atoms with E-state index in [1.54, 1.807) is 16.0 Å². The second-order valence-corrected chi connectivity index (χ2v) is 8.81. The van der Waals surface area contributed by atoms with Crippen LogP contribution >= 0.6 is 11.3 Å². The molecule has 25 heavy (non-hydrogen) atoms. The molecular weight excluding hydrogens is 334 g/mol. The minimum atomic E-state index is 0.0669. The minimum Gasteiger partial charge on any atom is -0.296 e. The topological polar surface area (TPSA) is 63.9 Å². The number of hydrogen-bond acceptors (Lipinski definition) is 6. The zero-order valence-electron chi connectivity index (χ0n) is 14.4. The lowest BCUT2D eigenvalue weighted by Gasteiger charge is -2.38. The molecule has 132 valence electrons. The van der Waals surface area contributed by atoms with Crippen LogP contribution in [0.2, 0.25) is 0 Å². The van der Waals surface area contributed by atoms with E-state index in [0.29, 0.717) is 11.8 Å². The molecular formula is C18H23N5OS. The Kier molecular flexibility index (Phi) is 3.93. The standard InChI is InChI=1S/C18H23N5OS/c24-17-7-14-3-1-2-4-15(14)21-23(17)10-12-8-22(9-12)11-16-19-20-18(25-16)13-5-6-13/h7,12-13H,1-6,8-11H2. The van der Waals surface area contributed by atoms with Crippen molar-refractivity contribution in [2.45, 2.75) is 57.5 Å². The first-order valence-electron chi connectivity index (χ1n) is 9.39. The van der Waals surface area contributed by atoms with E-state index in [1.165, 1.54) is 36.3 Å². The third-order valence-corrected chi connectivity index (χ3v) is 6.58. The SMILES string of the molecule is O=c1cc2c(nn1CC1CN(Cc3nnc(C4CC4)s3)C1)CCCC2. The van der Waals surface area contributed by atoms with Gasteiger partial charge in [0.25, 0.3) is 5.56 Å². The maximum absolute atomic E-state index is 12.3. The first kappa shape index (κ1) is 15.6. The van der Waals surface area contributed by atoms with Gasteiger partial charge in [-0.2, -0.15) is 5.10 Å². The van der Waals surface area contributed by atoms with E-state index in [9.17, 15) is 4.79 Å². The summed E-state index contributed by atoms with van der Waals surface area (Å²) >= 11 is 1.77. The van der Waals surface area contributed by atoms with Gasteiger partial charge in [0.2, 0.25) is 0 Å². The smallest absolute Gasteiger partial charge is 0.267 e. The molecule has 7 heteroatoms. The van der Waals surface area contributed by atoms with Crippen LogP contribution in [0.25, 0.3) is 0 Å². The number of hydrogen-bond donors (Lipinski definition) is 0. The highest BCUT2D eigenvalue weighted by Crippen LogP contribution is 2.41. The number of aryl methyl sites for hydroxylation is 2. The summed E-state index contributed by atoms with van der Waals surface area (Å²) in [6, 6.07) is 1.82. The quantitative estimate of drug-likeness (QED) is 0.819. The third kappa shape index (κ3) is 3.27. The predicted molar refractivity (Wildman–Crippen MR) is 95.8 cm³/mol. The van der Waals surface area contributed by atoms with Gasteiger partial charge in [0, 0.05) is 31.0 Å². The van der Waals surface area contributed by atoms with Crippen LogP contribution < -0.4 is 5.56 Å². The number of nitrogens with zero attached hydrogens (tertiary/aromatic N) is 5. The van der Waals surface area contributed by atoms with Crippen molar-refractivity contribution in [2.75, 3.05) is 13.1 Å². The van der Waals surface area contributed by atoms with E-state index in [0.717, 1.165) is 49.7 Å². The van der Waals surface area contributed by atoms with Gasteiger partial charge in [-0.1, -0.05) is 11.3 Å². The van der Waals surface area contributed by atoms with Crippen molar-refractivity contribution in [1.82, 2.24) is 24.9 Å². The molecule has 0 radical (unpaired) electrons. The summed E-state index contributed by atoms with van der Waals surface area (Å²) in [5.41, 5.74) is 2.38. The lowest BCUT2D eigenvalue weighted by molar-refractivity contribution is 0.0761. The summed E-state index contributed by atoms with van der Waals surface area (Å²) in [6.45, 7) is 3.67. The number of rotatable bonds is 5. The van der Waals surface area contributed by atoms with Gasteiger partial charge in [0.1, 0.15) is 10.0 Å². The van der Waals surface area contributed by atoms with Crippen molar-refractivity contribution in [1.29, 1.82) is 0 Å². The van der Waals surface area contributed by atoms with Crippen LogP contribution in [0.5, 0.6) is 0 Å². The Hall–Kier alpha value is -1.60. The fourth-order valence-corrected chi connectivity index (χ4v) is 4.97. The van der Waals surface area contributed by atoms with Gasteiger partial charge in [-0.15, -0.1) is 10.2 Å². The van der Waals surface area contributed by atoms with Gasteiger partial charge >= 0.3 is 0 Å². The highest BCUT2D eigenvalue weighted by Gasteiger charge is 2.31. The van der Waals surface area contributed by atoms with E-state index in [2.05, 4.69) is 20.2 Å². The summed E-state index contributed by atoms with van der Waals surface area (Å²) in [5.74, 6) is 1.21. The van der Waals surface area contributed by atoms with Crippen LogP contribution in [-0.2, 0) is 25.9 Å². The normalized spacial score (nSPS) is 21.1. The molecule has 6 nitrogen and oxygen atoms in total. The van der Waals surface area contributed by atoms with Crippen LogP contribution in [0.3, 0.4) is 0 Å². The molecule has 1 saturated heterocycles. The monoisotopic (exact) mass is 357 g/mol. The second kappa shape index (κ2) is 6.29. The number of likely N-dealkylation sites (tertiary alicyclic amines) is 1. The average Bonchev–Trinajstić information content (AvgIpc) is 3.33. The van der Waals surface area contributed by atoms with Gasteiger partial charge in [-0.05, 0) is 44.1 Å². The lowest BCUT2D eigenvalue weighted by atomic mass is 9.96. The van der Waals surface area contributed by atoms with Gasteiger partial charge < -0.3 is 0 Å². The molecule has 0 spiro atoms. The maximum atomic E-state index is 12.3. The molecule has 0 N–H and O–H groups in total. The van der Waals surface area contributed by atoms with Crippen molar-refractivity contribution < 1.29 is 0 Å². The molecule has 3 heterocycles. The van der Waals surface area contributed by atoms with Crippen molar-refractivity contribution in [3.63, 3.8) is 0 Å². The number of aromatic nitrogens is 4. The molecule has 0 atom stereocenters. The molecule has 2 aromatic rings. The molecule has 1 aliphatic heterocycles. The fourth-order valence-electron chi connectivity index (χ4n) is 3.91. The average molecular weight is 357 g/mol. The van der Waals surface area contributed by atoms with Crippen molar-refractivity contribution in [3.8, 4) is 0 Å². The van der Waals surface area contributed by atoms with E-state index >= 15 is 0 Å². The molecule has 0 amide bonds. The molecule has 2 aliphatic carbocycles. The third-order valence-electron chi connectivity index (χ3n) is 5.51. The summed E-state index contributed by atoms with van der Waals surface area (Å²) < 4.78 is 1.70. The Morgan fingerprint density at radius 2 is 2.00 bits per heavy atom. The molecule has 5 rings (SSSR count). The summed E-state index contributed by atoms with van der Waals surface area (Å²) in [7, 11) is 0. The number of fused-ring (bicyclic) bond motifs is 1. The minimum absolute atomic E-state index is 0.0669. The lowest BCUT2D eigenvalue weighted by Crippen LogP contribution is -2.49. The highest BCUT2D eigenvalue weighted by atomic mass is 32.1. The van der Waals surface area contributed by atoms with E-state index in [-0.39, 0.29) is 5.56 Å². The molecule has 0 unspecified atom stereocenters. The first-order valence-corrected chi connectivity index (χ1v) is 10.2. The molecule has 2 fully saturated rings. The van der Waals surface area contributed by atoms with Crippen molar-refractivity contribution in [3.05, 3.63) is 37.7 Å². The van der Waals surface area contributed by atoms with Crippen LogP contribution in [0, 0.1) is 5.92 Å². The van der Waals surface area contributed by atoms with Gasteiger partial charge in [-0.25, -0.2) is 4.68 Å². The van der Waals surface area contributed by atoms with Crippen LogP contribution in [0.1, 0.15) is 52.9 Å². The van der Waals surface area contributed by atoms with Gasteiger partial charge in [0.05, 0.1) is 18.8 Å². The molecule has 2 aromatic heterocycles. The Bertz CT molecular complexity index is 834. The fraction of sp³-hybridized carbons (Fsp3) is 0.667. The molecule has 1 saturated carbocycles. The van der Waals surface area contributed by atoms with Crippen molar-refractivity contribution in [2.24, 2.45) is 5.92 Å². The Balaban J connectivity index is 1.17. The molecule has 0 bridgehead atoms. The largest absolute Gasteiger partial charge is 0.296 e. The summed E-state index contributed by atoms with van der Waals surface area (Å²) in [5, 5.41) is 15.6. The van der Waals surface area contributed by atoms with E-state index in [1.807, 2.05) is 6.07 Å². The zero-order valence-corrected chi connectivity index (χ0v) is 15.2. The Labute approximate surface area is 150 Å². The zero-order chi connectivity index (χ0) is 16.8. The Morgan fingerprint density at radius 1 is 1.16 bits per heavy atom. The van der Waals surface area contributed by atoms with E-state index in [4.69, 9.17) is 0 Å². The predicted octanol–water partition coefficient (Wildman–Crippen LogP) is 1.98.